The molecule has 0 bridgehead atoms. The zero-order chi connectivity index (χ0) is 19.9. The van der Waals surface area contributed by atoms with Crippen molar-refractivity contribution >= 4 is 23.5 Å². The van der Waals surface area contributed by atoms with Crippen molar-refractivity contribution in [2.24, 2.45) is 0 Å². The Bertz CT molecular complexity index is 883. The van der Waals surface area contributed by atoms with E-state index in [0.717, 1.165) is 5.56 Å². The molecule has 0 saturated heterocycles. The van der Waals surface area contributed by atoms with Crippen LogP contribution in [0.2, 0.25) is 0 Å². The van der Waals surface area contributed by atoms with Gasteiger partial charge in [-0.3, -0.25) is 19.3 Å². The Hall–Kier alpha value is -3.55. The second-order valence-corrected chi connectivity index (χ2v) is 5.99. The second-order valence-electron chi connectivity index (χ2n) is 5.99. The summed E-state index contributed by atoms with van der Waals surface area (Å²) in [7, 11) is 1.55. The van der Waals surface area contributed by atoms with Gasteiger partial charge in [-0.15, -0.1) is 0 Å². The SMILES string of the molecule is COc1ccccc1CNC(=O)COC(=O)CN1C(=O)COc2ccccc21. The van der Waals surface area contributed by atoms with E-state index in [1.54, 1.807) is 37.4 Å². The minimum Gasteiger partial charge on any atom is -0.496 e. The number of ether oxygens (including phenoxy) is 3. The molecule has 0 radical (unpaired) electrons. The first-order valence-corrected chi connectivity index (χ1v) is 8.65. The van der Waals surface area contributed by atoms with Gasteiger partial charge in [-0.05, 0) is 18.2 Å². The first kappa shape index (κ1) is 19.2. The van der Waals surface area contributed by atoms with E-state index < -0.39 is 18.5 Å². The zero-order valence-electron chi connectivity index (χ0n) is 15.3. The molecule has 1 aliphatic heterocycles. The maximum atomic E-state index is 12.1. The van der Waals surface area contributed by atoms with Crippen LogP contribution in [0, 0.1) is 0 Å². The monoisotopic (exact) mass is 384 g/mol. The number of anilines is 1. The fourth-order valence-corrected chi connectivity index (χ4v) is 2.74. The lowest BCUT2D eigenvalue weighted by Crippen LogP contribution is -2.43. The number of carbonyl (C=O) groups is 3. The summed E-state index contributed by atoms with van der Waals surface area (Å²) >= 11 is 0. The average molecular weight is 384 g/mol. The molecular formula is C20H20N2O6. The highest BCUT2D eigenvalue weighted by molar-refractivity contribution is 6.01. The normalized spacial score (nSPS) is 12.6. The highest BCUT2D eigenvalue weighted by atomic mass is 16.5. The van der Waals surface area contributed by atoms with Gasteiger partial charge in [0.05, 0.1) is 12.8 Å². The minimum atomic E-state index is -0.683. The number of methoxy groups -OCH3 is 1. The Balaban J connectivity index is 1.49. The van der Waals surface area contributed by atoms with Crippen LogP contribution < -0.4 is 19.7 Å². The Morgan fingerprint density at radius 1 is 1.14 bits per heavy atom. The molecule has 2 amide bonds. The topological polar surface area (TPSA) is 94.2 Å². The molecule has 1 heterocycles. The fraction of sp³-hybridized carbons (Fsp3) is 0.250. The molecule has 0 atom stereocenters. The van der Waals surface area contributed by atoms with E-state index in [4.69, 9.17) is 14.2 Å². The Morgan fingerprint density at radius 3 is 2.71 bits per heavy atom. The lowest BCUT2D eigenvalue weighted by Gasteiger charge is -2.28. The number of fused-ring (bicyclic) bond motifs is 1. The van der Waals surface area contributed by atoms with E-state index in [0.29, 0.717) is 17.2 Å². The van der Waals surface area contributed by atoms with Crippen molar-refractivity contribution < 1.29 is 28.6 Å². The molecule has 1 N–H and O–H groups in total. The average Bonchev–Trinajstić information content (AvgIpc) is 2.73. The summed E-state index contributed by atoms with van der Waals surface area (Å²) in [6.07, 6.45) is 0. The summed E-state index contributed by atoms with van der Waals surface area (Å²) in [6.45, 7) is -0.632. The molecule has 8 nitrogen and oxygen atoms in total. The highest BCUT2D eigenvalue weighted by Gasteiger charge is 2.27. The van der Waals surface area contributed by atoms with E-state index in [2.05, 4.69) is 5.32 Å². The summed E-state index contributed by atoms with van der Waals surface area (Å²) in [5.41, 5.74) is 1.30. The van der Waals surface area contributed by atoms with Gasteiger partial charge in [0.2, 0.25) is 0 Å². The molecule has 8 heteroatoms. The lowest BCUT2D eigenvalue weighted by atomic mass is 10.2. The van der Waals surface area contributed by atoms with Crippen molar-refractivity contribution in [2.45, 2.75) is 6.54 Å². The predicted octanol–water partition coefficient (Wildman–Crippen LogP) is 1.28. The summed E-state index contributed by atoms with van der Waals surface area (Å²) in [5.74, 6) is -0.310. The molecule has 146 valence electrons. The van der Waals surface area contributed by atoms with Crippen LogP contribution in [-0.4, -0.2) is 44.7 Å². The summed E-state index contributed by atoms with van der Waals surface area (Å²) in [4.78, 5) is 37.4. The van der Waals surface area contributed by atoms with Crippen LogP contribution in [0.1, 0.15) is 5.56 Å². The molecule has 0 spiro atoms. The van der Waals surface area contributed by atoms with Crippen LogP contribution in [0.5, 0.6) is 11.5 Å². The number of carbonyl (C=O) groups excluding carboxylic acids is 3. The maximum Gasteiger partial charge on any atom is 0.326 e. The molecule has 0 unspecified atom stereocenters. The van der Waals surface area contributed by atoms with Crippen molar-refractivity contribution in [1.82, 2.24) is 5.32 Å². The number of hydrogen-bond acceptors (Lipinski definition) is 6. The number of hydrogen-bond donors (Lipinski definition) is 1. The van der Waals surface area contributed by atoms with Gasteiger partial charge >= 0.3 is 5.97 Å². The summed E-state index contributed by atoms with van der Waals surface area (Å²) in [6, 6.07) is 14.2. The first-order valence-electron chi connectivity index (χ1n) is 8.65. The van der Waals surface area contributed by atoms with E-state index >= 15 is 0 Å². The van der Waals surface area contributed by atoms with Crippen molar-refractivity contribution in [3.63, 3.8) is 0 Å². The van der Waals surface area contributed by atoms with Gasteiger partial charge in [0, 0.05) is 12.1 Å². The first-order chi connectivity index (χ1) is 13.6. The number of esters is 1. The molecular weight excluding hydrogens is 364 g/mol. The van der Waals surface area contributed by atoms with Gasteiger partial charge in [-0.25, -0.2) is 0 Å². The maximum absolute atomic E-state index is 12.1. The number of para-hydroxylation sites is 3. The zero-order valence-corrected chi connectivity index (χ0v) is 15.3. The quantitative estimate of drug-likeness (QED) is 0.723. The van der Waals surface area contributed by atoms with Crippen LogP contribution >= 0.6 is 0 Å². The smallest absolute Gasteiger partial charge is 0.326 e. The van der Waals surface area contributed by atoms with Crippen LogP contribution in [0.15, 0.2) is 48.5 Å². The Labute approximate surface area is 162 Å². The molecule has 28 heavy (non-hydrogen) atoms. The molecule has 0 aromatic heterocycles. The van der Waals surface area contributed by atoms with Gasteiger partial charge < -0.3 is 19.5 Å². The number of amides is 2. The molecule has 0 fully saturated rings. The van der Waals surface area contributed by atoms with Crippen molar-refractivity contribution in [1.29, 1.82) is 0 Å². The number of benzene rings is 2. The number of nitrogens with one attached hydrogen (secondary N) is 1. The molecule has 3 rings (SSSR count). The van der Waals surface area contributed by atoms with Gasteiger partial charge in [-0.2, -0.15) is 0 Å². The van der Waals surface area contributed by atoms with Crippen molar-refractivity contribution in [3.8, 4) is 11.5 Å². The molecule has 2 aromatic carbocycles. The van der Waals surface area contributed by atoms with E-state index in [-0.39, 0.29) is 25.6 Å². The third kappa shape index (κ3) is 4.59. The predicted molar refractivity (Wildman–Crippen MR) is 100 cm³/mol. The van der Waals surface area contributed by atoms with Gasteiger partial charge in [0.15, 0.2) is 13.2 Å². The van der Waals surface area contributed by atoms with Gasteiger partial charge in [0.1, 0.15) is 18.0 Å². The third-order valence-corrected chi connectivity index (χ3v) is 4.13. The Kier molecular flexibility index (Phi) is 6.11. The largest absolute Gasteiger partial charge is 0.496 e. The highest BCUT2D eigenvalue weighted by Crippen LogP contribution is 2.31. The van der Waals surface area contributed by atoms with Gasteiger partial charge in [-0.1, -0.05) is 30.3 Å². The third-order valence-electron chi connectivity index (χ3n) is 4.13. The molecule has 1 aliphatic rings. The van der Waals surface area contributed by atoms with Gasteiger partial charge in [0.25, 0.3) is 11.8 Å². The fourth-order valence-electron chi connectivity index (χ4n) is 2.74. The standard InChI is InChI=1S/C20H20N2O6/c1-26-16-8-4-2-6-14(16)10-21-18(23)12-28-20(25)11-22-15-7-3-5-9-17(15)27-13-19(22)24/h2-9H,10-13H2,1H3,(H,21,23). The summed E-state index contributed by atoms with van der Waals surface area (Å²) in [5, 5.41) is 2.66. The van der Waals surface area contributed by atoms with Crippen molar-refractivity contribution in [2.75, 3.05) is 31.8 Å². The van der Waals surface area contributed by atoms with Crippen LogP contribution in [0.3, 0.4) is 0 Å². The molecule has 0 aliphatic carbocycles. The summed E-state index contributed by atoms with van der Waals surface area (Å²) < 4.78 is 15.5. The van der Waals surface area contributed by atoms with Crippen molar-refractivity contribution in [3.05, 3.63) is 54.1 Å². The number of rotatable bonds is 7. The van der Waals surface area contributed by atoms with Crippen LogP contribution in [0.4, 0.5) is 5.69 Å². The van der Waals surface area contributed by atoms with E-state index in [9.17, 15) is 14.4 Å². The molecule has 0 saturated carbocycles. The van der Waals surface area contributed by atoms with Crippen LogP contribution in [0.25, 0.3) is 0 Å². The minimum absolute atomic E-state index is 0.149. The lowest BCUT2D eigenvalue weighted by molar-refractivity contribution is -0.147. The number of nitrogens with zero attached hydrogens (tertiary/aromatic N) is 1. The Morgan fingerprint density at radius 2 is 1.89 bits per heavy atom. The van der Waals surface area contributed by atoms with Crippen LogP contribution in [-0.2, 0) is 25.7 Å². The molecule has 2 aromatic rings. The van der Waals surface area contributed by atoms with E-state index in [1.807, 2.05) is 18.2 Å². The van der Waals surface area contributed by atoms with E-state index in [1.165, 1.54) is 4.90 Å². The second kappa shape index (κ2) is 8.90.